The van der Waals surface area contributed by atoms with Crippen molar-refractivity contribution < 1.29 is 14.7 Å². The van der Waals surface area contributed by atoms with Crippen molar-refractivity contribution in [3.8, 4) is 0 Å². The van der Waals surface area contributed by atoms with E-state index in [0.29, 0.717) is 19.4 Å². The standard InChI is InChI=1S/C16H22N2O3/c1-3-16(17,4-2)15(21)18-10-11(9-14(19)20)12-7-5-6-8-13(12)18/h5-8,11H,3-4,9-10,17H2,1-2H3,(H,19,20). The van der Waals surface area contributed by atoms with E-state index in [1.54, 1.807) is 4.90 Å². The van der Waals surface area contributed by atoms with E-state index in [1.165, 1.54) is 0 Å². The van der Waals surface area contributed by atoms with E-state index in [9.17, 15) is 9.59 Å². The van der Waals surface area contributed by atoms with Crippen LogP contribution in [0.5, 0.6) is 0 Å². The molecule has 1 aromatic rings. The number of carboxylic acids is 1. The lowest BCUT2D eigenvalue weighted by molar-refractivity contribution is -0.137. The quantitative estimate of drug-likeness (QED) is 0.870. The molecule has 2 rings (SSSR count). The molecule has 1 amide bonds. The molecule has 21 heavy (non-hydrogen) atoms. The van der Waals surface area contributed by atoms with Crippen LogP contribution in [-0.2, 0) is 9.59 Å². The number of rotatable bonds is 5. The Morgan fingerprint density at radius 3 is 2.52 bits per heavy atom. The van der Waals surface area contributed by atoms with Gasteiger partial charge in [-0.3, -0.25) is 9.59 Å². The van der Waals surface area contributed by atoms with Gasteiger partial charge in [0, 0.05) is 18.2 Å². The summed E-state index contributed by atoms with van der Waals surface area (Å²) < 4.78 is 0. The Kier molecular flexibility index (Phi) is 4.32. The summed E-state index contributed by atoms with van der Waals surface area (Å²) in [5, 5.41) is 9.05. The average Bonchev–Trinajstić information content (AvgIpc) is 2.84. The molecule has 0 bridgehead atoms. The molecule has 5 heteroatoms. The summed E-state index contributed by atoms with van der Waals surface area (Å²) in [4.78, 5) is 25.5. The molecule has 5 nitrogen and oxygen atoms in total. The van der Waals surface area contributed by atoms with E-state index in [4.69, 9.17) is 10.8 Å². The van der Waals surface area contributed by atoms with Gasteiger partial charge >= 0.3 is 5.97 Å². The number of benzene rings is 1. The number of nitrogens with zero attached hydrogens (tertiary/aromatic N) is 1. The van der Waals surface area contributed by atoms with Gasteiger partial charge in [0.15, 0.2) is 0 Å². The number of para-hydroxylation sites is 1. The molecular weight excluding hydrogens is 268 g/mol. The second-order valence-corrected chi connectivity index (χ2v) is 5.63. The lowest BCUT2D eigenvalue weighted by Crippen LogP contribution is -2.54. The van der Waals surface area contributed by atoms with Crippen molar-refractivity contribution in [1.82, 2.24) is 0 Å². The Morgan fingerprint density at radius 1 is 1.33 bits per heavy atom. The van der Waals surface area contributed by atoms with Gasteiger partial charge < -0.3 is 15.7 Å². The average molecular weight is 290 g/mol. The van der Waals surface area contributed by atoms with Crippen molar-refractivity contribution in [3.63, 3.8) is 0 Å². The number of nitrogens with two attached hydrogens (primary N) is 1. The van der Waals surface area contributed by atoms with Crippen LogP contribution in [0, 0.1) is 0 Å². The molecule has 1 atom stereocenters. The van der Waals surface area contributed by atoms with Gasteiger partial charge in [-0.05, 0) is 24.5 Å². The topological polar surface area (TPSA) is 83.6 Å². The first-order chi connectivity index (χ1) is 9.92. The highest BCUT2D eigenvalue weighted by Crippen LogP contribution is 2.39. The Bertz CT molecular complexity index is 552. The molecule has 0 fully saturated rings. The zero-order chi connectivity index (χ0) is 15.6. The highest BCUT2D eigenvalue weighted by Gasteiger charge is 2.40. The van der Waals surface area contributed by atoms with Crippen LogP contribution >= 0.6 is 0 Å². The molecular formula is C16H22N2O3. The number of carbonyl (C=O) groups is 2. The largest absolute Gasteiger partial charge is 0.481 e. The molecule has 0 aliphatic carbocycles. The smallest absolute Gasteiger partial charge is 0.304 e. The van der Waals surface area contributed by atoms with Crippen LogP contribution in [0.4, 0.5) is 5.69 Å². The molecule has 1 unspecified atom stereocenters. The van der Waals surface area contributed by atoms with Crippen molar-refractivity contribution in [1.29, 1.82) is 0 Å². The molecule has 0 saturated carbocycles. The van der Waals surface area contributed by atoms with Crippen molar-refractivity contribution >= 4 is 17.6 Å². The number of fused-ring (bicyclic) bond motifs is 1. The fourth-order valence-electron chi connectivity index (χ4n) is 2.89. The molecule has 1 aliphatic rings. The number of anilines is 1. The second-order valence-electron chi connectivity index (χ2n) is 5.63. The number of hydrogen-bond donors (Lipinski definition) is 2. The van der Waals surface area contributed by atoms with Gasteiger partial charge in [-0.25, -0.2) is 0 Å². The summed E-state index contributed by atoms with van der Waals surface area (Å²) >= 11 is 0. The molecule has 0 radical (unpaired) electrons. The lowest BCUT2D eigenvalue weighted by atomic mass is 9.92. The van der Waals surface area contributed by atoms with Crippen LogP contribution < -0.4 is 10.6 Å². The van der Waals surface area contributed by atoms with Gasteiger partial charge in [-0.15, -0.1) is 0 Å². The minimum absolute atomic E-state index is 0.0244. The van der Waals surface area contributed by atoms with Gasteiger partial charge in [0.1, 0.15) is 0 Å². The van der Waals surface area contributed by atoms with Crippen LogP contribution in [0.25, 0.3) is 0 Å². The fraction of sp³-hybridized carbons (Fsp3) is 0.500. The molecule has 1 heterocycles. The third-order valence-electron chi connectivity index (χ3n) is 4.42. The molecule has 1 aromatic carbocycles. The number of carboxylic acid groups (broad SMARTS) is 1. The van der Waals surface area contributed by atoms with E-state index >= 15 is 0 Å². The van der Waals surface area contributed by atoms with Crippen LogP contribution in [0.1, 0.15) is 44.6 Å². The Labute approximate surface area is 124 Å². The molecule has 1 aliphatic heterocycles. The normalized spacial score (nSPS) is 17.7. The third-order valence-corrected chi connectivity index (χ3v) is 4.42. The number of aliphatic carboxylic acids is 1. The first kappa shape index (κ1) is 15.5. The van der Waals surface area contributed by atoms with Crippen LogP contribution in [0.3, 0.4) is 0 Å². The van der Waals surface area contributed by atoms with Crippen molar-refractivity contribution in [3.05, 3.63) is 29.8 Å². The van der Waals surface area contributed by atoms with Crippen molar-refractivity contribution in [2.24, 2.45) is 5.73 Å². The highest BCUT2D eigenvalue weighted by molar-refractivity contribution is 6.02. The Hall–Kier alpha value is -1.88. The Balaban J connectivity index is 2.35. The summed E-state index contributed by atoms with van der Waals surface area (Å²) in [6.45, 7) is 4.19. The summed E-state index contributed by atoms with van der Waals surface area (Å²) in [7, 11) is 0. The monoisotopic (exact) mass is 290 g/mol. The molecule has 0 spiro atoms. The lowest BCUT2D eigenvalue weighted by Gasteiger charge is -2.31. The van der Waals surface area contributed by atoms with E-state index in [0.717, 1.165) is 11.3 Å². The summed E-state index contributed by atoms with van der Waals surface area (Å²) in [6, 6.07) is 7.49. The summed E-state index contributed by atoms with van der Waals surface area (Å²) in [6.07, 6.45) is 1.14. The predicted octanol–water partition coefficient (Wildman–Crippen LogP) is 2.11. The van der Waals surface area contributed by atoms with Gasteiger partial charge in [0.25, 0.3) is 0 Å². The maximum absolute atomic E-state index is 12.8. The van der Waals surface area contributed by atoms with Crippen molar-refractivity contribution in [2.75, 3.05) is 11.4 Å². The fourth-order valence-corrected chi connectivity index (χ4v) is 2.89. The van der Waals surface area contributed by atoms with E-state index in [-0.39, 0.29) is 18.2 Å². The van der Waals surface area contributed by atoms with Crippen LogP contribution in [-0.4, -0.2) is 29.1 Å². The minimum atomic E-state index is -0.884. The molecule has 0 saturated heterocycles. The van der Waals surface area contributed by atoms with Crippen LogP contribution in [0.2, 0.25) is 0 Å². The highest BCUT2D eigenvalue weighted by atomic mass is 16.4. The molecule has 0 aromatic heterocycles. The van der Waals surface area contributed by atoms with Gasteiger partial charge in [-0.1, -0.05) is 32.0 Å². The van der Waals surface area contributed by atoms with Crippen LogP contribution in [0.15, 0.2) is 24.3 Å². The zero-order valence-electron chi connectivity index (χ0n) is 12.5. The van der Waals surface area contributed by atoms with Gasteiger partial charge in [0.05, 0.1) is 12.0 Å². The SMILES string of the molecule is CCC(N)(CC)C(=O)N1CC(CC(=O)O)c2ccccc21. The first-order valence-electron chi connectivity index (χ1n) is 7.34. The second kappa shape index (κ2) is 5.85. The number of amides is 1. The first-order valence-corrected chi connectivity index (χ1v) is 7.34. The number of hydrogen-bond acceptors (Lipinski definition) is 3. The summed E-state index contributed by atoms with van der Waals surface area (Å²) in [5.41, 5.74) is 7.05. The molecule has 114 valence electrons. The van der Waals surface area contributed by atoms with Gasteiger partial charge in [0.2, 0.25) is 5.91 Å². The van der Waals surface area contributed by atoms with Gasteiger partial charge in [-0.2, -0.15) is 0 Å². The van der Waals surface area contributed by atoms with E-state index in [2.05, 4.69) is 0 Å². The maximum Gasteiger partial charge on any atom is 0.304 e. The third kappa shape index (κ3) is 2.78. The predicted molar refractivity (Wildman–Crippen MR) is 81.3 cm³/mol. The van der Waals surface area contributed by atoms with E-state index in [1.807, 2.05) is 38.1 Å². The Morgan fingerprint density at radius 2 is 1.95 bits per heavy atom. The van der Waals surface area contributed by atoms with E-state index < -0.39 is 11.5 Å². The maximum atomic E-state index is 12.8. The minimum Gasteiger partial charge on any atom is -0.481 e. The molecule has 3 N–H and O–H groups in total. The summed E-state index contributed by atoms with van der Waals surface area (Å²) in [5.74, 6) is -1.14. The zero-order valence-corrected chi connectivity index (χ0v) is 12.5. The number of carbonyl (C=O) groups excluding carboxylic acids is 1. The van der Waals surface area contributed by atoms with Crippen molar-refractivity contribution in [2.45, 2.75) is 44.6 Å².